The number of hydrogen-bond acceptors (Lipinski definition) is 3. The molecule has 3 nitrogen and oxygen atoms in total. The number of esters is 1. The Hall–Kier alpha value is -0.940. The number of halogens is 2. The van der Waals surface area contributed by atoms with Crippen LogP contribution in [0.5, 0.6) is 0 Å². The molecule has 0 spiro atoms. The van der Waals surface area contributed by atoms with E-state index in [9.17, 15) is 9.18 Å². The third-order valence-electron chi connectivity index (χ3n) is 2.67. The molecule has 0 amide bonds. The Labute approximate surface area is 115 Å². The van der Waals surface area contributed by atoms with Crippen LogP contribution in [0.25, 0.3) is 0 Å². The van der Waals surface area contributed by atoms with Crippen molar-refractivity contribution in [2.45, 2.75) is 26.4 Å². The molecule has 0 aliphatic rings. The first kappa shape index (κ1) is 15.1. The topological polar surface area (TPSA) is 38.3 Å². The van der Waals surface area contributed by atoms with E-state index in [0.717, 1.165) is 5.56 Å². The van der Waals surface area contributed by atoms with Crippen molar-refractivity contribution < 1.29 is 13.9 Å². The van der Waals surface area contributed by atoms with Gasteiger partial charge in [0.05, 0.1) is 11.6 Å². The Morgan fingerprint density at radius 1 is 1.50 bits per heavy atom. The maximum atomic E-state index is 13.3. The number of carbonyl (C=O) groups is 1. The Balaban J connectivity index is 2.73. The van der Waals surface area contributed by atoms with E-state index in [0.29, 0.717) is 11.0 Å². The number of carbonyl (C=O) groups excluding carboxylic acids is 1. The van der Waals surface area contributed by atoms with E-state index in [4.69, 9.17) is 4.74 Å². The Kier molecular flexibility index (Phi) is 5.75. The van der Waals surface area contributed by atoms with Gasteiger partial charge in [-0.05, 0) is 33.5 Å². The third kappa shape index (κ3) is 3.78. The van der Waals surface area contributed by atoms with E-state index in [1.165, 1.54) is 13.2 Å². The highest BCUT2D eigenvalue weighted by molar-refractivity contribution is 9.10. The molecule has 0 saturated heterocycles. The molecular weight excluding hydrogens is 301 g/mol. The van der Waals surface area contributed by atoms with Crippen molar-refractivity contribution in [1.82, 2.24) is 5.32 Å². The van der Waals surface area contributed by atoms with Crippen LogP contribution in [0.4, 0.5) is 4.39 Å². The van der Waals surface area contributed by atoms with E-state index in [-0.39, 0.29) is 17.7 Å². The first-order chi connectivity index (χ1) is 8.47. The van der Waals surface area contributed by atoms with Crippen molar-refractivity contribution in [3.63, 3.8) is 0 Å². The second-order valence-corrected chi connectivity index (χ2v) is 5.13. The molecule has 1 N–H and O–H groups in total. The molecule has 0 bridgehead atoms. The van der Waals surface area contributed by atoms with Crippen molar-refractivity contribution in [3.05, 3.63) is 34.1 Å². The quantitative estimate of drug-likeness (QED) is 0.849. The molecule has 1 aromatic rings. The molecule has 5 heteroatoms. The van der Waals surface area contributed by atoms with Gasteiger partial charge in [-0.3, -0.25) is 4.79 Å². The fourth-order valence-electron chi connectivity index (χ4n) is 1.62. The van der Waals surface area contributed by atoms with E-state index < -0.39 is 6.04 Å². The van der Waals surface area contributed by atoms with Crippen LogP contribution in [0, 0.1) is 11.7 Å². The standard InChI is InChI=1S/C13H17BrFNO2/c1-8(2)12(13(17)18-3)16-7-9-5-4-6-10(15)11(9)14/h4-6,8,12,16H,7H2,1-3H3. The van der Waals surface area contributed by atoms with Crippen LogP contribution in [0.2, 0.25) is 0 Å². The highest BCUT2D eigenvalue weighted by Crippen LogP contribution is 2.20. The van der Waals surface area contributed by atoms with Crippen molar-refractivity contribution in [3.8, 4) is 0 Å². The summed E-state index contributed by atoms with van der Waals surface area (Å²) in [5, 5.41) is 3.08. The molecule has 0 aliphatic heterocycles. The fraction of sp³-hybridized carbons (Fsp3) is 0.462. The second kappa shape index (κ2) is 6.85. The van der Waals surface area contributed by atoms with Crippen molar-refractivity contribution in [1.29, 1.82) is 0 Å². The lowest BCUT2D eigenvalue weighted by atomic mass is 10.0. The van der Waals surface area contributed by atoms with Crippen LogP contribution >= 0.6 is 15.9 Å². The van der Waals surface area contributed by atoms with Gasteiger partial charge in [-0.1, -0.05) is 26.0 Å². The Morgan fingerprint density at radius 2 is 2.17 bits per heavy atom. The number of benzene rings is 1. The molecule has 1 atom stereocenters. The summed E-state index contributed by atoms with van der Waals surface area (Å²) in [5.41, 5.74) is 0.768. The minimum absolute atomic E-state index is 0.102. The van der Waals surface area contributed by atoms with Crippen molar-refractivity contribution in [2.24, 2.45) is 5.92 Å². The van der Waals surface area contributed by atoms with Crippen molar-refractivity contribution >= 4 is 21.9 Å². The van der Waals surface area contributed by atoms with Crippen LogP contribution in [-0.2, 0) is 16.1 Å². The number of rotatable bonds is 5. The molecule has 18 heavy (non-hydrogen) atoms. The Morgan fingerprint density at radius 3 is 2.72 bits per heavy atom. The molecule has 1 rings (SSSR count). The molecule has 0 radical (unpaired) electrons. The molecule has 100 valence electrons. The summed E-state index contributed by atoms with van der Waals surface area (Å²) in [6.45, 7) is 4.25. The normalized spacial score (nSPS) is 12.6. The van der Waals surface area contributed by atoms with Gasteiger partial charge >= 0.3 is 5.97 Å². The first-order valence-corrected chi connectivity index (χ1v) is 6.50. The van der Waals surface area contributed by atoms with Crippen LogP contribution < -0.4 is 5.32 Å². The molecule has 0 aromatic heterocycles. The van der Waals surface area contributed by atoms with Gasteiger partial charge in [0.25, 0.3) is 0 Å². The Bertz CT molecular complexity index is 423. The molecule has 0 saturated carbocycles. The first-order valence-electron chi connectivity index (χ1n) is 5.71. The predicted molar refractivity (Wildman–Crippen MR) is 71.6 cm³/mol. The monoisotopic (exact) mass is 317 g/mol. The molecule has 1 unspecified atom stereocenters. The lowest BCUT2D eigenvalue weighted by Gasteiger charge is -2.20. The van der Waals surface area contributed by atoms with Crippen molar-refractivity contribution in [2.75, 3.05) is 7.11 Å². The van der Waals surface area contributed by atoms with Crippen LogP contribution in [0.15, 0.2) is 22.7 Å². The van der Waals surface area contributed by atoms with E-state index >= 15 is 0 Å². The number of ether oxygens (including phenoxy) is 1. The minimum atomic E-state index is -0.398. The summed E-state index contributed by atoms with van der Waals surface area (Å²) in [6.07, 6.45) is 0. The minimum Gasteiger partial charge on any atom is -0.468 e. The summed E-state index contributed by atoms with van der Waals surface area (Å²) in [5.74, 6) is -0.518. The molecule has 0 fully saturated rings. The number of methoxy groups -OCH3 is 1. The summed E-state index contributed by atoms with van der Waals surface area (Å²) >= 11 is 3.19. The molecule has 0 aliphatic carbocycles. The summed E-state index contributed by atoms with van der Waals surface area (Å²) in [7, 11) is 1.36. The largest absolute Gasteiger partial charge is 0.468 e. The van der Waals surface area contributed by atoms with Gasteiger partial charge in [-0.2, -0.15) is 0 Å². The lowest BCUT2D eigenvalue weighted by Crippen LogP contribution is -2.41. The van der Waals surface area contributed by atoms with Gasteiger partial charge in [-0.25, -0.2) is 4.39 Å². The van der Waals surface area contributed by atoms with Crippen LogP contribution in [0.1, 0.15) is 19.4 Å². The number of nitrogens with one attached hydrogen (secondary N) is 1. The van der Waals surface area contributed by atoms with Crippen LogP contribution in [-0.4, -0.2) is 19.1 Å². The average molecular weight is 318 g/mol. The van der Waals surface area contributed by atoms with Gasteiger partial charge < -0.3 is 10.1 Å². The summed E-state index contributed by atoms with van der Waals surface area (Å²) in [4.78, 5) is 11.6. The van der Waals surface area contributed by atoms with Crippen LogP contribution in [0.3, 0.4) is 0 Å². The van der Waals surface area contributed by atoms with E-state index in [1.807, 2.05) is 13.8 Å². The SMILES string of the molecule is COC(=O)C(NCc1cccc(F)c1Br)C(C)C. The lowest BCUT2D eigenvalue weighted by molar-refractivity contribution is -0.144. The van der Waals surface area contributed by atoms with Gasteiger partial charge in [0.15, 0.2) is 0 Å². The maximum absolute atomic E-state index is 13.3. The summed E-state index contributed by atoms with van der Waals surface area (Å²) < 4.78 is 18.5. The third-order valence-corrected chi connectivity index (χ3v) is 3.55. The zero-order chi connectivity index (χ0) is 13.7. The number of hydrogen-bond donors (Lipinski definition) is 1. The maximum Gasteiger partial charge on any atom is 0.323 e. The second-order valence-electron chi connectivity index (χ2n) is 4.34. The molecular formula is C13H17BrFNO2. The van der Waals surface area contributed by atoms with E-state index in [2.05, 4.69) is 21.2 Å². The van der Waals surface area contributed by atoms with Gasteiger partial charge in [0.2, 0.25) is 0 Å². The summed E-state index contributed by atoms with van der Waals surface area (Å²) in [6, 6.07) is 4.42. The zero-order valence-electron chi connectivity index (χ0n) is 10.7. The fourth-order valence-corrected chi connectivity index (χ4v) is 2.03. The van der Waals surface area contributed by atoms with Gasteiger partial charge in [0, 0.05) is 6.54 Å². The molecule has 1 aromatic carbocycles. The average Bonchev–Trinajstić information content (AvgIpc) is 2.33. The predicted octanol–water partition coefficient (Wildman–Crippen LogP) is 2.88. The van der Waals surface area contributed by atoms with Gasteiger partial charge in [0.1, 0.15) is 11.9 Å². The smallest absolute Gasteiger partial charge is 0.323 e. The van der Waals surface area contributed by atoms with Gasteiger partial charge in [-0.15, -0.1) is 0 Å². The highest BCUT2D eigenvalue weighted by atomic mass is 79.9. The molecule has 0 heterocycles. The highest BCUT2D eigenvalue weighted by Gasteiger charge is 2.22. The zero-order valence-corrected chi connectivity index (χ0v) is 12.3. The van der Waals surface area contributed by atoms with E-state index in [1.54, 1.807) is 12.1 Å².